The van der Waals surface area contributed by atoms with E-state index in [1.165, 1.54) is 5.56 Å². The summed E-state index contributed by atoms with van der Waals surface area (Å²) in [6, 6.07) is 9.68. The Morgan fingerprint density at radius 3 is 2.78 bits per heavy atom. The smallest absolute Gasteiger partial charge is 0.263 e. The van der Waals surface area contributed by atoms with Gasteiger partial charge in [0.25, 0.3) is 5.91 Å². The fraction of sp³-hybridized carbons (Fsp3) is 0.350. The second-order valence-corrected chi connectivity index (χ2v) is 7.30. The summed E-state index contributed by atoms with van der Waals surface area (Å²) in [5, 5.41) is 5.95. The predicted octanol–water partition coefficient (Wildman–Crippen LogP) is 4.23. The molecule has 0 saturated heterocycles. The number of likely N-dealkylation sites (N-methyl/N-ethyl adjacent to an activating group) is 1. The average molecular weight is 385 g/mol. The van der Waals surface area contributed by atoms with E-state index in [4.69, 9.17) is 9.26 Å². The minimum atomic E-state index is -0.605. The Balaban J connectivity index is 1.65. The Labute approximate surface area is 162 Å². The summed E-state index contributed by atoms with van der Waals surface area (Å²) in [4.78, 5) is 19.8. The monoisotopic (exact) mass is 385 g/mol. The van der Waals surface area contributed by atoms with Crippen LogP contribution in [0.15, 0.2) is 40.2 Å². The molecule has 1 atom stereocenters. The molecule has 1 aromatic carbocycles. The van der Waals surface area contributed by atoms with Gasteiger partial charge in [-0.15, -0.1) is 11.3 Å². The van der Waals surface area contributed by atoms with Crippen molar-refractivity contribution >= 4 is 17.2 Å². The number of nitrogens with zero attached hydrogens (tertiary/aromatic N) is 3. The highest BCUT2D eigenvalue weighted by atomic mass is 32.1. The molecule has 1 amide bonds. The van der Waals surface area contributed by atoms with Gasteiger partial charge in [0.2, 0.25) is 11.7 Å². The summed E-state index contributed by atoms with van der Waals surface area (Å²) < 4.78 is 11.1. The maximum Gasteiger partial charge on any atom is 0.263 e. The number of rotatable bonds is 7. The standard InChI is InChI=1S/C20H23N3O3S/c1-5-23(12-18-21-19(22-26-18)17-7-6-10-27-17)20(24)15(4)25-16-9-8-13(2)14(3)11-16/h6-11,15H,5,12H2,1-4H3. The number of thiophene rings is 1. The number of amides is 1. The first-order valence-corrected chi connectivity index (χ1v) is 9.75. The van der Waals surface area contributed by atoms with E-state index < -0.39 is 6.10 Å². The lowest BCUT2D eigenvalue weighted by Gasteiger charge is -2.23. The first-order valence-electron chi connectivity index (χ1n) is 8.87. The van der Waals surface area contributed by atoms with Gasteiger partial charge in [-0.05, 0) is 62.4 Å². The van der Waals surface area contributed by atoms with Crippen molar-refractivity contribution in [1.82, 2.24) is 15.0 Å². The molecule has 0 saturated carbocycles. The van der Waals surface area contributed by atoms with E-state index in [2.05, 4.69) is 10.1 Å². The molecule has 0 spiro atoms. The first kappa shape index (κ1) is 19.1. The molecule has 0 aliphatic rings. The quantitative estimate of drug-likeness (QED) is 0.609. The zero-order valence-corrected chi connectivity index (χ0v) is 16.7. The van der Waals surface area contributed by atoms with Crippen LogP contribution < -0.4 is 4.74 Å². The van der Waals surface area contributed by atoms with Crippen LogP contribution in [-0.4, -0.2) is 33.6 Å². The lowest BCUT2D eigenvalue weighted by atomic mass is 10.1. The molecule has 0 N–H and O–H groups in total. The first-order chi connectivity index (χ1) is 13.0. The van der Waals surface area contributed by atoms with Gasteiger partial charge in [-0.25, -0.2) is 0 Å². The van der Waals surface area contributed by atoms with Gasteiger partial charge in [-0.3, -0.25) is 4.79 Å². The fourth-order valence-corrected chi connectivity index (χ4v) is 3.28. The number of aryl methyl sites for hydroxylation is 2. The number of hydrogen-bond donors (Lipinski definition) is 0. The van der Waals surface area contributed by atoms with E-state index in [-0.39, 0.29) is 12.5 Å². The Morgan fingerprint density at radius 2 is 2.11 bits per heavy atom. The largest absolute Gasteiger partial charge is 0.481 e. The predicted molar refractivity (Wildman–Crippen MR) is 105 cm³/mol. The zero-order valence-electron chi connectivity index (χ0n) is 15.9. The number of aromatic nitrogens is 2. The molecular formula is C20H23N3O3S. The minimum absolute atomic E-state index is 0.119. The van der Waals surface area contributed by atoms with E-state index in [1.807, 2.05) is 56.5 Å². The Bertz CT molecular complexity index is 905. The van der Waals surface area contributed by atoms with Crippen LogP contribution in [0.5, 0.6) is 5.75 Å². The van der Waals surface area contributed by atoms with Gasteiger partial charge in [-0.2, -0.15) is 4.98 Å². The molecule has 7 heteroatoms. The number of benzene rings is 1. The molecule has 142 valence electrons. The lowest BCUT2D eigenvalue weighted by Crippen LogP contribution is -2.40. The van der Waals surface area contributed by atoms with Gasteiger partial charge in [0.15, 0.2) is 6.10 Å². The molecular weight excluding hydrogens is 362 g/mol. The van der Waals surface area contributed by atoms with E-state index in [9.17, 15) is 4.79 Å². The van der Waals surface area contributed by atoms with Crippen molar-refractivity contribution in [1.29, 1.82) is 0 Å². The van der Waals surface area contributed by atoms with Gasteiger partial charge >= 0.3 is 0 Å². The topological polar surface area (TPSA) is 68.5 Å². The highest BCUT2D eigenvalue weighted by Gasteiger charge is 2.23. The molecule has 0 bridgehead atoms. The highest BCUT2D eigenvalue weighted by Crippen LogP contribution is 2.22. The van der Waals surface area contributed by atoms with Gasteiger partial charge in [0, 0.05) is 6.54 Å². The van der Waals surface area contributed by atoms with Gasteiger partial charge in [0.1, 0.15) is 12.3 Å². The SMILES string of the molecule is CCN(Cc1nc(-c2cccs2)no1)C(=O)C(C)Oc1ccc(C)c(C)c1. The summed E-state index contributed by atoms with van der Waals surface area (Å²) in [5.74, 6) is 1.52. The van der Waals surface area contributed by atoms with Gasteiger partial charge in [0.05, 0.1) is 4.88 Å². The number of carbonyl (C=O) groups is 1. The normalized spacial score (nSPS) is 12.0. The molecule has 2 aromatic heterocycles. The second-order valence-electron chi connectivity index (χ2n) is 6.35. The van der Waals surface area contributed by atoms with Crippen molar-refractivity contribution in [3.8, 4) is 16.5 Å². The lowest BCUT2D eigenvalue weighted by molar-refractivity contribution is -0.138. The zero-order chi connectivity index (χ0) is 19.4. The van der Waals surface area contributed by atoms with Crippen LogP contribution in [0.25, 0.3) is 10.7 Å². The highest BCUT2D eigenvalue weighted by molar-refractivity contribution is 7.13. The fourth-order valence-electron chi connectivity index (χ4n) is 2.63. The number of hydrogen-bond acceptors (Lipinski definition) is 6. The molecule has 0 radical (unpaired) electrons. The van der Waals surface area contributed by atoms with Crippen molar-refractivity contribution in [2.45, 2.75) is 40.3 Å². The van der Waals surface area contributed by atoms with Crippen molar-refractivity contribution < 1.29 is 14.1 Å². The van der Waals surface area contributed by atoms with Crippen LogP contribution >= 0.6 is 11.3 Å². The minimum Gasteiger partial charge on any atom is -0.481 e. The summed E-state index contributed by atoms with van der Waals surface area (Å²) >= 11 is 1.54. The average Bonchev–Trinajstić information content (AvgIpc) is 3.33. The molecule has 0 aliphatic heterocycles. The van der Waals surface area contributed by atoms with E-state index in [1.54, 1.807) is 23.2 Å². The third kappa shape index (κ3) is 4.54. The van der Waals surface area contributed by atoms with Crippen LogP contribution in [0, 0.1) is 13.8 Å². The summed E-state index contributed by atoms with van der Waals surface area (Å²) in [6.07, 6.45) is -0.605. The van der Waals surface area contributed by atoms with Gasteiger partial charge < -0.3 is 14.2 Å². The molecule has 2 heterocycles. The summed E-state index contributed by atoms with van der Waals surface area (Å²) in [7, 11) is 0. The van der Waals surface area contributed by atoms with E-state index in [0.717, 1.165) is 10.4 Å². The Hall–Kier alpha value is -2.67. The van der Waals surface area contributed by atoms with Crippen LogP contribution in [0.1, 0.15) is 30.9 Å². The second kappa shape index (κ2) is 8.35. The van der Waals surface area contributed by atoms with E-state index >= 15 is 0 Å². The van der Waals surface area contributed by atoms with E-state index in [0.29, 0.717) is 24.0 Å². The van der Waals surface area contributed by atoms with Gasteiger partial charge in [-0.1, -0.05) is 17.3 Å². The van der Waals surface area contributed by atoms with Crippen molar-refractivity contribution in [2.24, 2.45) is 0 Å². The molecule has 6 nitrogen and oxygen atoms in total. The maximum atomic E-state index is 12.8. The molecule has 3 aromatic rings. The van der Waals surface area contributed by atoms with Crippen LogP contribution in [-0.2, 0) is 11.3 Å². The number of ether oxygens (including phenoxy) is 1. The van der Waals surface area contributed by atoms with Crippen molar-refractivity contribution in [2.75, 3.05) is 6.54 Å². The van der Waals surface area contributed by atoms with Crippen LogP contribution in [0.3, 0.4) is 0 Å². The Morgan fingerprint density at radius 1 is 1.30 bits per heavy atom. The molecule has 1 unspecified atom stereocenters. The number of carbonyl (C=O) groups excluding carboxylic acids is 1. The van der Waals surface area contributed by atoms with Crippen LogP contribution in [0.2, 0.25) is 0 Å². The third-order valence-electron chi connectivity index (χ3n) is 4.37. The molecule has 0 aliphatic carbocycles. The Kier molecular flexibility index (Phi) is 5.91. The van der Waals surface area contributed by atoms with Crippen molar-refractivity contribution in [3.63, 3.8) is 0 Å². The van der Waals surface area contributed by atoms with Crippen molar-refractivity contribution in [3.05, 3.63) is 52.7 Å². The molecule has 0 fully saturated rings. The third-order valence-corrected chi connectivity index (χ3v) is 5.23. The summed E-state index contributed by atoms with van der Waals surface area (Å²) in [6.45, 7) is 8.52. The maximum absolute atomic E-state index is 12.8. The van der Waals surface area contributed by atoms with Crippen LogP contribution in [0.4, 0.5) is 0 Å². The molecule has 27 heavy (non-hydrogen) atoms. The summed E-state index contributed by atoms with van der Waals surface area (Å²) in [5.41, 5.74) is 2.32. The molecule has 3 rings (SSSR count).